The molecule has 0 bridgehead atoms. The molecule has 8 nitrogen and oxygen atoms in total. The van der Waals surface area contributed by atoms with Gasteiger partial charge in [0.05, 0.1) is 12.4 Å². The van der Waals surface area contributed by atoms with Crippen molar-refractivity contribution in [3.8, 4) is 0 Å². The van der Waals surface area contributed by atoms with Crippen molar-refractivity contribution in [1.82, 2.24) is 19.5 Å². The lowest BCUT2D eigenvalue weighted by Crippen LogP contribution is -2.32. The summed E-state index contributed by atoms with van der Waals surface area (Å²) in [5, 5.41) is 20.3. The monoisotopic (exact) mass is 277 g/mol. The van der Waals surface area contributed by atoms with E-state index in [1.54, 1.807) is 4.57 Å². The molecule has 8 heteroatoms. The summed E-state index contributed by atoms with van der Waals surface area (Å²) in [6.07, 6.45) is 1.99. The molecule has 1 saturated carbocycles. The molecule has 4 atom stereocenters. The van der Waals surface area contributed by atoms with Crippen LogP contribution >= 0.6 is 0 Å². The molecular weight excluding hydrogens is 262 g/mol. The van der Waals surface area contributed by atoms with Gasteiger partial charge in [0.2, 0.25) is 0 Å². The normalized spacial score (nSPS) is 33.9. The lowest BCUT2D eigenvalue weighted by Gasteiger charge is -2.16. The maximum Gasteiger partial charge on any atom is 0.167 e. The van der Waals surface area contributed by atoms with Gasteiger partial charge in [0.15, 0.2) is 17.7 Å². The van der Waals surface area contributed by atoms with Crippen LogP contribution in [-0.4, -0.2) is 48.0 Å². The first-order valence-corrected chi connectivity index (χ1v) is 6.61. The molecule has 0 amide bonds. The summed E-state index contributed by atoms with van der Waals surface area (Å²) in [5.74, 6) is 0.611. The zero-order chi connectivity index (χ0) is 13.9. The first-order chi connectivity index (χ1) is 9.66. The lowest BCUT2D eigenvalue weighted by atomic mass is 10.1. The molecule has 20 heavy (non-hydrogen) atoms. The average Bonchev–Trinajstić information content (AvgIpc) is 3.12. The van der Waals surface area contributed by atoms with Crippen molar-refractivity contribution in [3.63, 3.8) is 0 Å². The van der Waals surface area contributed by atoms with Crippen molar-refractivity contribution in [2.75, 3.05) is 5.73 Å². The van der Waals surface area contributed by atoms with Crippen molar-refractivity contribution in [3.05, 3.63) is 12.7 Å². The Kier molecular flexibility index (Phi) is 2.47. The highest BCUT2D eigenvalue weighted by atomic mass is 16.6. The first-order valence-electron chi connectivity index (χ1n) is 6.61. The molecule has 2 aliphatic rings. The molecule has 0 aromatic carbocycles. The number of imidazole rings is 1. The quantitative estimate of drug-likeness (QED) is 0.673. The van der Waals surface area contributed by atoms with Gasteiger partial charge in [0, 0.05) is 0 Å². The van der Waals surface area contributed by atoms with Gasteiger partial charge in [-0.15, -0.1) is 0 Å². The second-order valence-electron chi connectivity index (χ2n) is 5.39. The Labute approximate surface area is 114 Å². The molecule has 2 aromatic heterocycles. The van der Waals surface area contributed by atoms with E-state index >= 15 is 0 Å². The Morgan fingerprint density at radius 1 is 1.20 bits per heavy atom. The van der Waals surface area contributed by atoms with Crippen molar-refractivity contribution in [2.24, 2.45) is 5.92 Å². The van der Waals surface area contributed by atoms with Crippen LogP contribution in [0.25, 0.3) is 11.2 Å². The maximum absolute atomic E-state index is 10.2. The smallest absolute Gasteiger partial charge is 0.167 e. The minimum Gasteiger partial charge on any atom is -0.388 e. The Morgan fingerprint density at radius 3 is 2.75 bits per heavy atom. The number of fused-ring (bicyclic) bond motifs is 1. The largest absolute Gasteiger partial charge is 0.388 e. The van der Waals surface area contributed by atoms with Crippen LogP contribution in [0.2, 0.25) is 0 Å². The highest BCUT2D eigenvalue weighted by Crippen LogP contribution is 2.43. The van der Waals surface area contributed by atoms with E-state index in [-0.39, 0.29) is 11.9 Å². The second kappa shape index (κ2) is 4.11. The van der Waals surface area contributed by atoms with Crippen LogP contribution in [0.3, 0.4) is 0 Å². The van der Waals surface area contributed by atoms with Gasteiger partial charge >= 0.3 is 0 Å². The molecule has 4 rings (SSSR count). The molecule has 3 heterocycles. The van der Waals surface area contributed by atoms with Crippen LogP contribution in [0, 0.1) is 5.92 Å². The van der Waals surface area contributed by atoms with Gasteiger partial charge in [0.25, 0.3) is 0 Å². The second-order valence-corrected chi connectivity index (χ2v) is 5.39. The molecular formula is C12H15N5O3. The van der Waals surface area contributed by atoms with Crippen LogP contribution in [-0.2, 0) is 4.74 Å². The molecule has 0 spiro atoms. The average molecular weight is 277 g/mol. The van der Waals surface area contributed by atoms with E-state index < -0.39 is 18.4 Å². The Bertz CT molecular complexity index is 656. The van der Waals surface area contributed by atoms with E-state index in [0.717, 1.165) is 12.8 Å². The fraction of sp³-hybridized carbons (Fsp3) is 0.583. The minimum atomic E-state index is -1.01. The molecule has 1 aliphatic heterocycles. The number of anilines is 1. The third-order valence-electron chi connectivity index (χ3n) is 4.02. The summed E-state index contributed by atoms with van der Waals surface area (Å²) >= 11 is 0. The predicted octanol–water partition coefficient (Wildman–Crippen LogP) is -0.562. The molecule has 1 saturated heterocycles. The molecule has 0 radical (unpaired) electrons. The molecule has 4 unspecified atom stereocenters. The molecule has 106 valence electrons. The Morgan fingerprint density at radius 2 is 2.00 bits per heavy atom. The number of hydrogen-bond donors (Lipinski definition) is 3. The van der Waals surface area contributed by atoms with Crippen LogP contribution in [0.15, 0.2) is 12.7 Å². The highest BCUT2D eigenvalue weighted by molar-refractivity contribution is 5.81. The maximum atomic E-state index is 10.2. The summed E-state index contributed by atoms with van der Waals surface area (Å²) in [4.78, 5) is 12.1. The van der Waals surface area contributed by atoms with Crippen LogP contribution in [0.4, 0.5) is 5.82 Å². The van der Waals surface area contributed by atoms with E-state index in [1.807, 2.05) is 0 Å². The third-order valence-corrected chi connectivity index (χ3v) is 4.02. The van der Waals surface area contributed by atoms with Gasteiger partial charge in [-0.25, -0.2) is 15.0 Å². The van der Waals surface area contributed by atoms with Crippen LogP contribution < -0.4 is 5.73 Å². The lowest BCUT2D eigenvalue weighted by molar-refractivity contribution is -0.0413. The van der Waals surface area contributed by atoms with Gasteiger partial charge < -0.3 is 20.7 Å². The van der Waals surface area contributed by atoms with E-state index in [1.165, 1.54) is 12.7 Å². The highest BCUT2D eigenvalue weighted by Gasteiger charge is 2.50. The number of nitrogens with zero attached hydrogens (tertiary/aromatic N) is 4. The summed E-state index contributed by atoms with van der Waals surface area (Å²) in [6.45, 7) is 0. The summed E-state index contributed by atoms with van der Waals surface area (Å²) in [5.41, 5.74) is 6.69. The van der Waals surface area contributed by atoms with Gasteiger partial charge in [-0.05, 0) is 18.8 Å². The van der Waals surface area contributed by atoms with Crippen molar-refractivity contribution < 1.29 is 14.9 Å². The Hall–Kier alpha value is -1.77. The van der Waals surface area contributed by atoms with Gasteiger partial charge in [0.1, 0.15) is 24.1 Å². The number of rotatable bonds is 2. The summed E-state index contributed by atoms with van der Waals surface area (Å²) < 4.78 is 7.42. The number of ether oxygens (including phenoxy) is 1. The first kappa shape index (κ1) is 12.0. The number of nitrogen functional groups attached to an aromatic ring is 1. The van der Waals surface area contributed by atoms with Gasteiger partial charge in [-0.3, -0.25) is 4.57 Å². The van der Waals surface area contributed by atoms with E-state index in [2.05, 4.69) is 15.0 Å². The van der Waals surface area contributed by atoms with Crippen LogP contribution in [0.5, 0.6) is 0 Å². The molecule has 2 aromatic rings. The zero-order valence-electron chi connectivity index (χ0n) is 10.6. The van der Waals surface area contributed by atoms with Crippen molar-refractivity contribution in [2.45, 2.75) is 37.4 Å². The number of hydrogen-bond acceptors (Lipinski definition) is 7. The topological polar surface area (TPSA) is 119 Å². The van der Waals surface area contributed by atoms with E-state index in [4.69, 9.17) is 10.5 Å². The Balaban J connectivity index is 1.74. The molecule has 1 aliphatic carbocycles. The van der Waals surface area contributed by atoms with Crippen molar-refractivity contribution >= 4 is 17.0 Å². The number of nitrogens with two attached hydrogens (primary N) is 1. The van der Waals surface area contributed by atoms with Gasteiger partial charge in [-0.2, -0.15) is 0 Å². The number of aliphatic hydroxyl groups excluding tert-OH is 2. The predicted molar refractivity (Wildman–Crippen MR) is 68.4 cm³/mol. The molecule has 4 N–H and O–H groups in total. The van der Waals surface area contributed by atoms with Crippen molar-refractivity contribution in [1.29, 1.82) is 0 Å². The third kappa shape index (κ3) is 1.62. The fourth-order valence-electron chi connectivity index (χ4n) is 2.79. The SMILES string of the molecule is Nc1ncnc2c1ncn2C1OC(C2CC2)C(O)C1O. The zero-order valence-corrected chi connectivity index (χ0v) is 10.6. The number of aliphatic hydroxyl groups is 2. The summed E-state index contributed by atoms with van der Waals surface area (Å²) in [6, 6.07) is 0. The fourth-order valence-corrected chi connectivity index (χ4v) is 2.79. The number of aromatic nitrogens is 4. The van der Waals surface area contributed by atoms with Gasteiger partial charge in [-0.1, -0.05) is 0 Å². The minimum absolute atomic E-state index is 0.278. The standard InChI is InChI=1S/C12H15N5O3/c13-10-6-11(15-3-14-10)17(4-16-6)12-8(19)7(18)9(20-12)5-1-2-5/h3-5,7-9,12,18-19H,1-2H2,(H2,13,14,15). The van der Waals surface area contributed by atoms with Crippen LogP contribution in [0.1, 0.15) is 19.1 Å². The van der Waals surface area contributed by atoms with E-state index in [9.17, 15) is 10.2 Å². The summed E-state index contributed by atoms with van der Waals surface area (Å²) in [7, 11) is 0. The molecule has 2 fully saturated rings. The van der Waals surface area contributed by atoms with E-state index in [0.29, 0.717) is 17.1 Å².